The Morgan fingerprint density at radius 3 is 2.47 bits per heavy atom. The van der Waals surface area contributed by atoms with Gasteiger partial charge < -0.3 is 14.2 Å². The summed E-state index contributed by atoms with van der Waals surface area (Å²) in [4.78, 5) is 28.9. The number of non-ortho nitro benzene ring substituents is 1. The van der Waals surface area contributed by atoms with E-state index >= 15 is 0 Å². The molecule has 178 valence electrons. The predicted molar refractivity (Wildman–Crippen MR) is 136 cm³/mol. The van der Waals surface area contributed by atoms with Gasteiger partial charge in [-0.1, -0.05) is 0 Å². The van der Waals surface area contributed by atoms with Gasteiger partial charge in [0.25, 0.3) is 11.2 Å². The highest BCUT2D eigenvalue weighted by molar-refractivity contribution is 6.19. The smallest absolute Gasteiger partial charge is 0.269 e. The molecule has 0 N–H and O–H groups in total. The second kappa shape index (κ2) is 8.09. The van der Waals surface area contributed by atoms with Gasteiger partial charge in [-0.3, -0.25) is 24.3 Å². The Morgan fingerprint density at radius 2 is 1.75 bits per heavy atom. The fourth-order valence-corrected chi connectivity index (χ4v) is 4.77. The van der Waals surface area contributed by atoms with Crippen molar-refractivity contribution in [2.75, 3.05) is 14.2 Å². The normalized spacial score (nSPS) is 11.5. The molecule has 0 atom stereocenters. The van der Waals surface area contributed by atoms with E-state index in [1.54, 1.807) is 34.9 Å². The van der Waals surface area contributed by atoms with Crippen LogP contribution in [0.25, 0.3) is 38.1 Å². The van der Waals surface area contributed by atoms with Crippen molar-refractivity contribution in [2.45, 2.75) is 6.61 Å². The zero-order valence-corrected chi connectivity index (χ0v) is 19.3. The monoisotopic (exact) mass is 481 g/mol. The van der Waals surface area contributed by atoms with Gasteiger partial charge in [-0.05, 0) is 54.1 Å². The molecule has 0 spiro atoms. The molecule has 9 heteroatoms. The lowest BCUT2D eigenvalue weighted by Gasteiger charge is -2.12. The van der Waals surface area contributed by atoms with Crippen LogP contribution in [0.2, 0.25) is 0 Å². The molecule has 6 rings (SSSR count). The minimum Gasteiger partial charge on any atom is -0.493 e. The molecule has 0 fully saturated rings. The number of nitro benzene ring substituents is 1. The third-order valence-corrected chi connectivity index (χ3v) is 6.42. The van der Waals surface area contributed by atoms with Crippen LogP contribution < -0.4 is 19.8 Å². The van der Waals surface area contributed by atoms with Gasteiger partial charge in [0.2, 0.25) is 0 Å². The Bertz CT molecular complexity index is 1860. The van der Waals surface area contributed by atoms with Gasteiger partial charge in [0.1, 0.15) is 12.4 Å². The van der Waals surface area contributed by atoms with Crippen LogP contribution in [-0.2, 0) is 6.61 Å². The highest BCUT2D eigenvalue weighted by atomic mass is 16.6. The number of hydrogen-bond donors (Lipinski definition) is 0. The lowest BCUT2D eigenvalue weighted by Crippen LogP contribution is -2.14. The molecule has 0 bridgehead atoms. The van der Waals surface area contributed by atoms with Crippen LogP contribution in [0.4, 0.5) is 5.69 Å². The summed E-state index contributed by atoms with van der Waals surface area (Å²) >= 11 is 0. The van der Waals surface area contributed by atoms with Crippen LogP contribution in [-0.4, -0.2) is 28.5 Å². The number of rotatable bonds is 6. The van der Waals surface area contributed by atoms with E-state index < -0.39 is 4.92 Å². The van der Waals surface area contributed by atoms with Crippen LogP contribution in [0.3, 0.4) is 0 Å². The first-order valence-corrected chi connectivity index (χ1v) is 11.1. The van der Waals surface area contributed by atoms with Gasteiger partial charge in [0, 0.05) is 34.5 Å². The molecule has 0 unspecified atom stereocenters. The zero-order valence-electron chi connectivity index (χ0n) is 19.3. The van der Waals surface area contributed by atoms with Crippen molar-refractivity contribution in [1.29, 1.82) is 0 Å². The van der Waals surface area contributed by atoms with Gasteiger partial charge in [0.15, 0.2) is 11.5 Å². The van der Waals surface area contributed by atoms with Gasteiger partial charge >= 0.3 is 0 Å². The summed E-state index contributed by atoms with van der Waals surface area (Å²) in [5.74, 6) is 1.45. The van der Waals surface area contributed by atoms with E-state index in [2.05, 4.69) is 4.98 Å². The van der Waals surface area contributed by atoms with Crippen molar-refractivity contribution in [3.8, 4) is 17.2 Å². The number of hydrogen-bond acceptors (Lipinski definition) is 7. The first-order chi connectivity index (χ1) is 17.5. The lowest BCUT2D eigenvalue weighted by molar-refractivity contribution is -0.384. The van der Waals surface area contributed by atoms with E-state index in [0.717, 1.165) is 27.4 Å². The van der Waals surface area contributed by atoms with Gasteiger partial charge in [-0.25, -0.2) is 0 Å². The molecule has 3 heterocycles. The van der Waals surface area contributed by atoms with E-state index in [-0.39, 0.29) is 17.9 Å². The van der Waals surface area contributed by atoms with Crippen molar-refractivity contribution in [3.63, 3.8) is 0 Å². The van der Waals surface area contributed by atoms with Gasteiger partial charge in [-0.15, -0.1) is 0 Å². The van der Waals surface area contributed by atoms with Crippen molar-refractivity contribution < 1.29 is 19.1 Å². The predicted octanol–water partition coefficient (Wildman–Crippen LogP) is 5.10. The van der Waals surface area contributed by atoms with Crippen LogP contribution in [0, 0.1) is 10.1 Å². The van der Waals surface area contributed by atoms with Crippen molar-refractivity contribution in [3.05, 3.63) is 92.9 Å². The molecule has 36 heavy (non-hydrogen) atoms. The summed E-state index contributed by atoms with van der Waals surface area (Å²) in [6.45, 7) is 0.246. The summed E-state index contributed by atoms with van der Waals surface area (Å²) in [5, 5.41) is 13.7. The highest BCUT2D eigenvalue weighted by Gasteiger charge is 2.22. The summed E-state index contributed by atoms with van der Waals surface area (Å²) in [7, 11) is 3.04. The molecule has 0 aliphatic carbocycles. The number of ether oxygens (including phenoxy) is 3. The minimum atomic E-state index is -0.435. The summed E-state index contributed by atoms with van der Waals surface area (Å²) in [5.41, 5.74) is 2.75. The number of nitrogens with zero attached hydrogens (tertiary/aromatic N) is 3. The third kappa shape index (κ3) is 3.09. The quantitative estimate of drug-likeness (QED) is 0.185. The SMILES string of the molecule is COc1ccc2c(c1OC)c(=O)n1c3ccc(OCc4ccc([N+](=O)[O-])cc4)cc3c3ccnc2c31. The Morgan fingerprint density at radius 1 is 0.944 bits per heavy atom. The molecule has 0 saturated carbocycles. The number of benzene rings is 3. The molecule has 0 aliphatic rings. The van der Waals surface area contributed by atoms with E-state index in [1.807, 2.05) is 24.3 Å². The molecule has 3 aromatic carbocycles. The molecule has 0 aliphatic heterocycles. The summed E-state index contributed by atoms with van der Waals surface area (Å²) in [6.07, 6.45) is 1.72. The van der Waals surface area contributed by atoms with Gasteiger partial charge in [-0.2, -0.15) is 0 Å². The number of fused-ring (bicyclic) bond motifs is 5. The van der Waals surface area contributed by atoms with Gasteiger partial charge in [0.05, 0.1) is 41.1 Å². The van der Waals surface area contributed by atoms with Crippen molar-refractivity contribution >= 4 is 43.8 Å². The molecule has 0 amide bonds. The second-order valence-corrected chi connectivity index (χ2v) is 8.31. The number of pyridine rings is 2. The number of nitro groups is 1. The lowest BCUT2D eigenvalue weighted by atomic mass is 10.1. The van der Waals surface area contributed by atoms with E-state index in [4.69, 9.17) is 14.2 Å². The third-order valence-electron chi connectivity index (χ3n) is 6.42. The first-order valence-electron chi connectivity index (χ1n) is 11.1. The maximum absolute atomic E-state index is 13.8. The van der Waals surface area contributed by atoms with Crippen LogP contribution >= 0.6 is 0 Å². The van der Waals surface area contributed by atoms with E-state index in [0.29, 0.717) is 33.5 Å². The van der Waals surface area contributed by atoms with E-state index in [9.17, 15) is 14.9 Å². The number of methoxy groups -OCH3 is 2. The minimum absolute atomic E-state index is 0.0304. The first kappa shape index (κ1) is 21.6. The molecule has 0 saturated heterocycles. The molecular weight excluding hydrogens is 462 g/mol. The molecular formula is C27H19N3O6. The number of aromatic nitrogens is 2. The van der Waals surface area contributed by atoms with Crippen molar-refractivity contribution in [1.82, 2.24) is 9.38 Å². The van der Waals surface area contributed by atoms with Crippen LogP contribution in [0.1, 0.15) is 5.56 Å². The topological polar surface area (TPSA) is 105 Å². The maximum atomic E-state index is 13.8. The zero-order chi connectivity index (χ0) is 25.0. The molecule has 6 aromatic rings. The largest absolute Gasteiger partial charge is 0.493 e. The Hall–Kier alpha value is -4.92. The van der Waals surface area contributed by atoms with Crippen molar-refractivity contribution in [2.24, 2.45) is 0 Å². The fourth-order valence-electron chi connectivity index (χ4n) is 4.77. The average Bonchev–Trinajstić information content (AvgIpc) is 3.24. The Balaban J connectivity index is 1.52. The molecule has 9 nitrogen and oxygen atoms in total. The molecule has 3 aromatic heterocycles. The maximum Gasteiger partial charge on any atom is 0.269 e. The van der Waals surface area contributed by atoms with E-state index in [1.165, 1.54) is 26.4 Å². The fraction of sp³-hybridized carbons (Fsp3) is 0.111. The standard InChI is InChI=1S/C27H19N3O6/c1-34-22-10-8-19-23(26(22)35-2)27(31)29-21-9-7-17(13-20(21)18-11-12-28-24(19)25(18)29)36-14-15-3-5-16(6-4-15)30(32)33/h3-13H,14H2,1-2H3. The average molecular weight is 481 g/mol. The van der Waals surface area contributed by atoms with Crippen LogP contribution in [0.15, 0.2) is 71.7 Å². The summed E-state index contributed by atoms with van der Waals surface area (Å²) in [6, 6.07) is 17.3. The summed E-state index contributed by atoms with van der Waals surface area (Å²) < 4.78 is 18.6. The Labute approximate surface area is 203 Å². The Kier molecular flexibility index (Phi) is 4.85. The highest BCUT2D eigenvalue weighted by Crippen LogP contribution is 2.39. The van der Waals surface area contributed by atoms with Crippen LogP contribution in [0.5, 0.6) is 17.2 Å². The second-order valence-electron chi connectivity index (χ2n) is 8.31. The molecule has 0 radical (unpaired) electrons.